The summed E-state index contributed by atoms with van der Waals surface area (Å²) in [5, 5.41) is 7.52. The lowest BCUT2D eigenvalue weighted by Crippen LogP contribution is -2.64. The van der Waals surface area contributed by atoms with Crippen molar-refractivity contribution in [2.45, 2.75) is 97.2 Å². The molecule has 1 saturated heterocycles. The van der Waals surface area contributed by atoms with Gasteiger partial charge in [0.05, 0.1) is 30.6 Å². The Morgan fingerprint density at radius 1 is 1.12 bits per heavy atom. The summed E-state index contributed by atoms with van der Waals surface area (Å²) in [7, 11) is -1.94. The van der Waals surface area contributed by atoms with Gasteiger partial charge in [0.25, 0.3) is 0 Å². The number of carbonyl (C=O) groups is 2. The molecule has 260 valence electrons. The molecule has 0 radical (unpaired) electrons. The molecule has 2 aromatic heterocycles. The second-order valence-corrected chi connectivity index (χ2v) is 19.6. The van der Waals surface area contributed by atoms with Gasteiger partial charge in [0.1, 0.15) is 11.6 Å². The molecule has 2 amide bonds. The molecule has 2 aliphatic rings. The van der Waals surface area contributed by atoms with Crippen LogP contribution in [0.1, 0.15) is 59.6 Å². The third-order valence-corrected chi connectivity index (χ3v) is 14.2. The fourth-order valence-electron chi connectivity index (χ4n) is 5.74. The number of carbonyl (C=O) groups excluding carboxylic acids is 2. The van der Waals surface area contributed by atoms with E-state index >= 15 is 0 Å². The van der Waals surface area contributed by atoms with E-state index in [0.717, 1.165) is 18.0 Å². The van der Waals surface area contributed by atoms with Gasteiger partial charge in [-0.3, -0.25) is 14.5 Å². The van der Waals surface area contributed by atoms with Gasteiger partial charge >= 0.3 is 0 Å². The lowest BCUT2D eigenvalue weighted by Gasteiger charge is -2.49. The minimum absolute atomic E-state index is 0.0107. The Morgan fingerprint density at radius 3 is 2.52 bits per heavy atom. The van der Waals surface area contributed by atoms with Gasteiger partial charge in [-0.15, -0.1) is 0 Å². The van der Waals surface area contributed by atoms with Gasteiger partial charge in [-0.2, -0.15) is 5.10 Å². The minimum Gasteiger partial charge on any atom is -0.434 e. The van der Waals surface area contributed by atoms with Gasteiger partial charge < -0.3 is 19.4 Å². The van der Waals surface area contributed by atoms with Crippen molar-refractivity contribution in [3.05, 3.63) is 53.9 Å². The molecule has 1 unspecified atom stereocenters. The molecule has 4 heterocycles. The molecule has 15 heteroatoms. The van der Waals surface area contributed by atoms with Crippen molar-refractivity contribution >= 4 is 25.9 Å². The number of amides is 2. The van der Waals surface area contributed by atoms with E-state index in [0.29, 0.717) is 57.5 Å². The predicted molar refractivity (Wildman–Crippen MR) is 178 cm³/mol. The van der Waals surface area contributed by atoms with Gasteiger partial charge in [0, 0.05) is 44.6 Å². The van der Waals surface area contributed by atoms with Crippen LogP contribution in [0.3, 0.4) is 0 Å². The Hall–Kier alpha value is -3.82. The molecule has 2 atom stereocenters. The van der Waals surface area contributed by atoms with Crippen LogP contribution < -0.4 is 10.1 Å². The molecule has 1 aromatic carbocycles. The van der Waals surface area contributed by atoms with Crippen LogP contribution in [-0.4, -0.2) is 85.9 Å². The second kappa shape index (κ2) is 13.6. The van der Waals surface area contributed by atoms with Gasteiger partial charge in [-0.05, 0) is 57.5 Å². The zero-order valence-corrected chi connectivity index (χ0v) is 30.0. The summed E-state index contributed by atoms with van der Waals surface area (Å²) in [5.41, 5.74) is -0.508. The Kier molecular flexibility index (Phi) is 10.0. The Bertz CT molecular complexity index is 1640. The fraction of sp³-hybridized carbons (Fsp3) is 0.576. The number of aromatic nitrogens is 5. The summed E-state index contributed by atoms with van der Waals surface area (Å²) < 4.78 is 40.6. The number of anilines is 1. The number of benzene rings is 1. The first kappa shape index (κ1) is 35.5. The largest absolute Gasteiger partial charge is 0.434 e. The second-order valence-electron chi connectivity index (χ2n) is 14.8. The third kappa shape index (κ3) is 7.89. The molecule has 2 aliphatic heterocycles. The van der Waals surface area contributed by atoms with Crippen LogP contribution in [0.25, 0.3) is 0 Å². The van der Waals surface area contributed by atoms with Crippen molar-refractivity contribution < 1.29 is 27.5 Å². The van der Waals surface area contributed by atoms with Crippen molar-refractivity contribution in [2.24, 2.45) is 5.92 Å². The van der Waals surface area contributed by atoms with Crippen LogP contribution in [0.4, 0.5) is 14.6 Å². The van der Waals surface area contributed by atoms with E-state index in [2.05, 4.69) is 54.2 Å². The van der Waals surface area contributed by atoms with E-state index in [1.54, 1.807) is 0 Å². The predicted octanol–water partition coefficient (Wildman–Crippen LogP) is 5.17. The topological polar surface area (TPSA) is 128 Å². The third-order valence-electron chi connectivity index (χ3n) is 9.74. The number of hydrogen-bond acceptors (Lipinski definition) is 9. The van der Waals surface area contributed by atoms with Crippen LogP contribution in [0, 0.1) is 17.6 Å². The summed E-state index contributed by atoms with van der Waals surface area (Å²) >= 11 is 0. The Balaban J connectivity index is 1.14. The highest BCUT2D eigenvalue weighted by Gasteiger charge is 2.42. The first-order valence-electron chi connectivity index (χ1n) is 16.3. The first-order chi connectivity index (χ1) is 22.4. The Labute approximate surface area is 281 Å². The number of rotatable bonds is 9. The van der Waals surface area contributed by atoms with Crippen molar-refractivity contribution in [2.75, 3.05) is 25.0 Å². The monoisotopic (exact) mass is 684 g/mol. The fourth-order valence-corrected chi connectivity index (χ4v) is 6.67. The van der Waals surface area contributed by atoms with Crippen molar-refractivity contribution in [3.8, 4) is 11.6 Å². The normalized spacial score (nSPS) is 19.0. The molecule has 0 spiro atoms. The SMILES string of the molecule is C[C@@H](C(=O)Nc1cnc(Oc2ccc(F)cc2F)cn1)N1CCN(C(=O)C2CCn3nc(CO[Si](C)(C)C(C)(C)C)nc3C2)C(C)(C)C1. The molecular weight excluding hydrogens is 638 g/mol. The number of aryl methyl sites for hydroxylation is 1. The highest BCUT2D eigenvalue weighted by atomic mass is 28.4. The van der Waals surface area contributed by atoms with Crippen LogP contribution in [-0.2, 0) is 33.6 Å². The van der Waals surface area contributed by atoms with Gasteiger partial charge in [-0.25, -0.2) is 28.4 Å². The van der Waals surface area contributed by atoms with E-state index in [4.69, 9.17) is 14.1 Å². The standard InChI is InChI=1S/C33H46F2N8O4Si/c1-21(30(44)39-26-17-37-29(18-36-26)47-25-10-9-23(34)16-24(25)35)41-13-14-42(33(5,6)20-41)31(45)22-11-12-43-28(15-22)38-27(40-43)19-46-48(7,8)32(2,3)4/h9-10,16-18,21-22H,11-15,19-20H2,1-8H3,(H,36,39,44)/t21-,22?/m0/s1. The number of nitrogens with zero attached hydrogens (tertiary/aromatic N) is 7. The summed E-state index contributed by atoms with van der Waals surface area (Å²) in [5.74, 6) is -0.473. The number of hydrogen-bond donors (Lipinski definition) is 1. The number of ether oxygens (including phenoxy) is 1. The molecule has 48 heavy (non-hydrogen) atoms. The van der Waals surface area contributed by atoms with E-state index in [-0.39, 0.29) is 40.2 Å². The maximum atomic E-state index is 13.9. The molecule has 0 bridgehead atoms. The molecule has 5 rings (SSSR count). The number of piperazine rings is 1. The number of fused-ring (bicyclic) bond motifs is 1. The minimum atomic E-state index is -1.94. The quantitative estimate of drug-likeness (QED) is 0.304. The average Bonchev–Trinajstić information content (AvgIpc) is 3.43. The zero-order chi connectivity index (χ0) is 35.0. The van der Waals surface area contributed by atoms with E-state index in [1.807, 2.05) is 35.3 Å². The Morgan fingerprint density at radius 2 is 1.88 bits per heavy atom. The molecule has 0 aliphatic carbocycles. The highest BCUT2D eigenvalue weighted by Crippen LogP contribution is 2.37. The summed E-state index contributed by atoms with van der Waals surface area (Å²) in [6.45, 7) is 19.4. The van der Waals surface area contributed by atoms with Crippen molar-refractivity contribution in [3.63, 3.8) is 0 Å². The van der Waals surface area contributed by atoms with Crippen molar-refractivity contribution in [1.82, 2.24) is 34.5 Å². The smallest absolute Gasteiger partial charge is 0.242 e. The molecular formula is C33H46F2N8O4Si. The summed E-state index contributed by atoms with van der Waals surface area (Å²) in [4.78, 5) is 44.0. The molecule has 0 saturated carbocycles. The van der Waals surface area contributed by atoms with E-state index in [1.165, 1.54) is 12.4 Å². The van der Waals surface area contributed by atoms with Gasteiger partial charge in [0.2, 0.25) is 17.7 Å². The van der Waals surface area contributed by atoms with Crippen LogP contribution in [0.5, 0.6) is 11.6 Å². The van der Waals surface area contributed by atoms with Crippen LogP contribution in [0.2, 0.25) is 18.1 Å². The van der Waals surface area contributed by atoms with E-state index in [9.17, 15) is 18.4 Å². The van der Waals surface area contributed by atoms with Gasteiger partial charge in [-0.1, -0.05) is 20.8 Å². The van der Waals surface area contributed by atoms with Crippen LogP contribution in [0.15, 0.2) is 30.6 Å². The highest BCUT2D eigenvalue weighted by molar-refractivity contribution is 6.74. The average molecular weight is 685 g/mol. The van der Waals surface area contributed by atoms with E-state index < -0.39 is 31.5 Å². The lowest BCUT2D eigenvalue weighted by atomic mass is 9.91. The molecule has 1 fully saturated rings. The molecule has 3 aromatic rings. The molecule has 12 nitrogen and oxygen atoms in total. The summed E-state index contributed by atoms with van der Waals surface area (Å²) in [6.07, 6.45) is 3.77. The zero-order valence-electron chi connectivity index (χ0n) is 29.0. The van der Waals surface area contributed by atoms with Crippen molar-refractivity contribution in [1.29, 1.82) is 0 Å². The maximum absolute atomic E-state index is 13.9. The number of nitrogens with one attached hydrogen (secondary N) is 1. The lowest BCUT2D eigenvalue weighted by molar-refractivity contribution is -0.147. The van der Waals surface area contributed by atoms with Crippen LogP contribution >= 0.6 is 0 Å². The number of halogens is 2. The summed E-state index contributed by atoms with van der Waals surface area (Å²) in [6, 6.07) is 2.43. The first-order valence-corrected chi connectivity index (χ1v) is 19.2. The van der Waals surface area contributed by atoms with Gasteiger partial charge in [0.15, 0.2) is 31.5 Å². The molecule has 1 N–H and O–H groups in total. The maximum Gasteiger partial charge on any atom is 0.242 e.